The lowest BCUT2D eigenvalue weighted by atomic mass is 9.95. The molecule has 45 heavy (non-hydrogen) atoms. The molecule has 0 aliphatic carbocycles. The average Bonchev–Trinajstić information content (AvgIpc) is 3.71. The monoisotopic (exact) mass is 654 g/mol. The first-order valence-corrected chi connectivity index (χ1v) is 15.5. The number of halogens is 2. The van der Waals surface area contributed by atoms with Gasteiger partial charge in [0.05, 0.1) is 31.8 Å². The topological polar surface area (TPSA) is 195 Å². The van der Waals surface area contributed by atoms with Crippen molar-refractivity contribution in [2.75, 3.05) is 26.3 Å². The predicted molar refractivity (Wildman–Crippen MR) is 154 cm³/mol. The molecule has 0 radical (unpaired) electrons. The van der Waals surface area contributed by atoms with Gasteiger partial charge in [-0.1, -0.05) is 41.3 Å². The Balaban J connectivity index is 1.17. The van der Waals surface area contributed by atoms with E-state index in [-0.39, 0.29) is 19.1 Å². The summed E-state index contributed by atoms with van der Waals surface area (Å²) in [5.74, 6) is -0.852. The van der Waals surface area contributed by atoms with E-state index in [0.717, 1.165) is 11.8 Å². The first-order valence-electron chi connectivity index (χ1n) is 14.5. The van der Waals surface area contributed by atoms with E-state index in [1.807, 2.05) is 0 Å². The number of aliphatic hydroxyl groups is 6. The zero-order chi connectivity index (χ0) is 31.8. The molecule has 0 amide bonds. The van der Waals surface area contributed by atoms with Gasteiger partial charge in [-0.25, -0.2) is 19.2 Å². The van der Waals surface area contributed by atoms with Crippen molar-refractivity contribution >= 4 is 11.8 Å². The number of hydrazine groups is 2. The first kappa shape index (κ1) is 32.5. The normalized spacial score (nSPS) is 39.1. The fourth-order valence-corrected chi connectivity index (χ4v) is 7.54. The van der Waals surface area contributed by atoms with Crippen molar-refractivity contribution < 1.29 is 48.9 Å². The molecule has 4 aliphatic rings. The first-order chi connectivity index (χ1) is 21.7. The van der Waals surface area contributed by atoms with Crippen molar-refractivity contribution in [3.05, 3.63) is 71.3 Å². The van der Waals surface area contributed by atoms with Gasteiger partial charge >= 0.3 is 0 Å². The van der Waals surface area contributed by atoms with Crippen LogP contribution in [-0.4, -0.2) is 127 Å². The van der Waals surface area contributed by atoms with Crippen LogP contribution in [0.4, 0.5) is 8.78 Å². The molecule has 8 N–H and O–H groups in total. The molecule has 0 spiro atoms. The van der Waals surface area contributed by atoms with Crippen LogP contribution in [0.2, 0.25) is 0 Å². The summed E-state index contributed by atoms with van der Waals surface area (Å²) < 4.78 is 39.3. The molecule has 17 heteroatoms. The fourth-order valence-electron chi connectivity index (χ4n) is 6.22. The molecule has 3 fully saturated rings. The van der Waals surface area contributed by atoms with Crippen LogP contribution in [0.25, 0.3) is 0 Å². The zero-order valence-electron chi connectivity index (χ0n) is 23.8. The zero-order valence-corrected chi connectivity index (χ0v) is 24.6. The second-order valence-electron chi connectivity index (χ2n) is 11.4. The van der Waals surface area contributed by atoms with E-state index in [9.17, 15) is 39.4 Å². The maximum atomic E-state index is 13.8. The average molecular weight is 655 g/mol. The van der Waals surface area contributed by atoms with Gasteiger partial charge < -0.3 is 40.1 Å². The van der Waals surface area contributed by atoms with E-state index in [4.69, 9.17) is 9.47 Å². The molecule has 2 unspecified atom stereocenters. The van der Waals surface area contributed by atoms with E-state index < -0.39 is 90.5 Å². The number of ether oxygens (including phenoxy) is 2. The van der Waals surface area contributed by atoms with Gasteiger partial charge in [0.2, 0.25) is 0 Å². The van der Waals surface area contributed by atoms with Gasteiger partial charge in [0, 0.05) is 6.54 Å². The molecule has 2 aromatic carbocycles. The summed E-state index contributed by atoms with van der Waals surface area (Å²) in [5.41, 5.74) is 4.81. The molecule has 2 aromatic rings. The standard InChI is InChI=1S/C28H36F2N6O8S/c29-15-5-1-3-13(7-15)17-9-35(33-31-17)21-23(39)19(11-37)43-27(25(21)41)45-28-26(42)22(24(40)20(12-38)44-28)36-10-18(32-34-36)14-4-2-6-16(30)8-14/h1-8,17-28,31,33,37-42H,9-12H2/t17?,18?,19-,20-,21+,22+,23+,24+,25-,26-,27+,28+/m1/s1. The molecule has 0 saturated carbocycles. The Morgan fingerprint density at radius 3 is 2.00 bits per heavy atom. The Morgan fingerprint density at radius 2 is 1.38 bits per heavy atom. The summed E-state index contributed by atoms with van der Waals surface area (Å²) in [6.45, 7) is -0.853. The lowest BCUT2D eigenvalue weighted by Crippen LogP contribution is -2.67. The minimum absolute atomic E-state index is 0.112. The number of benzene rings is 2. The maximum Gasteiger partial charge on any atom is 0.134 e. The molecule has 4 aliphatic heterocycles. The molecule has 12 atom stereocenters. The summed E-state index contributed by atoms with van der Waals surface area (Å²) in [5, 5.41) is 76.2. The van der Waals surface area contributed by atoms with E-state index in [0.29, 0.717) is 11.1 Å². The number of nitrogens with one attached hydrogen (secondary N) is 2. The minimum atomic E-state index is -1.43. The van der Waals surface area contributed by atoms with Crippen molar-refractivity contribution in [1.82, 2.24) is 21.0 Å². The second kappa shape index (κ2) is 13.8. The van der Waals surface area contributed by atoms with Gasteiger partial charge in [0.1, 0.15) is 71.2 Å². The molecule has 0 aromatic heterocycles. The fraction of sp³-hybridized carbons (Fsp3) is 0.571. The summed E-state index contributed by atoms with van der Waals surface area (Å²) in [7, 11) is 0. The molecule has 3 saturated heterocycles. The number of hydrogen-bond acceptors (Lipinski definition) is 15. The van der Waals surface area contributed by atoms with Crippen molar-refractivity contribution in [2.24, 2.45) is 10.3 Å². The largest absolute Gasteiger partial charge is 0.394 e. The number of nitrogens with zero attached hydrogens (tertiary/aromatic N) is 4. The number of rotatable bonds is 8. The quantitative estimate of drug-likeness (QED) is 0.175. The van der Waals surface area contributed by atoms with Crippen molar-refractivity contribution in [1.29, 1.82) is 0 Å². The van der Waals surface area contributed by atoms with Crippen LogP contribution in [0.3, 0.4) is 0 Å². The van der Waals surface area contributed by atoms with Gasteiger partial charge in [-0.2, -0.15) is 10.6 Å². The van der Waals surface area contributed by atoms with Gasteiger partial charge in [-0.05, 0) is 35.4 Å². The highest BCUT2D eigenvalue weighted by atomic mass is 32.2. The lowest BCUT2D eigenvalue weighted by molar-refractivity contribution is -0.201. The van der Waals surface area contributed by atoms with Gasteiger partial charge in [0.15, 0.2) is 0 Å². The van der Waals surface area contributed by atoms with Gasteiger partial charge in [-0.3, -0.25) is 5.01 Å². The lowest BCUT2D eigenvalue weighted by Gasteiger charge is -2.48. The smallest absolute Gasteiger partial charge is 0.134 e. The highest BCUT2D eigenvalue weighted by Crippen LogP contribution is 2.40. The van der Waals surface area contributed by atoms with Crippen LogP contribution < -0.4 is 11.0 Å². The van der Waals surface area contributed by atoms with Crippen LogP contribution in [0.15, 0.2) is 58.9 Å². The Hall–Kier alpha value is -2.39. The Kier molecular flexibility index (Phi) is 9.95. The molecule has 246 valence electrons. The highest BCUT2D eigenvalue weighted by Gasteiger charge is 2.53. The summed E-state index contributed by atoms with van der Waals surface area (Å²) in [4.78, 5) is 0. The molecular weight excluding hydrogens is 618 g/mol. The molecule has 4 heterocycles. The van der Waals surface area contributed by atoms with Crippen LogP contribution >= 0.6 is 11.8 Å². The van der Waals surface area contributed by atoms with E-state index in [1.165, 1.54) is 29.3 Å². The van der Waals surface area contributed by atoms with Crippen LogP contribution in [0.5, 0.6) is 0 Å². The van der Waals surface area contributed by atoms with Gasteiger partial charge in [0.25, 0.3) is 0 Å². The predicted octanol–water partition coefficient (Wildman–Crippen LogP) is -0.897. The van der Waals surface area contributed by atoms with Crippen LogP contribution in [0, 0.1) is 11.6 Å². The maximum absolute atomic E-state index is 13.8. The van der Waals surface area contributed by atoms with Crippen LogP contribution in [-0.2, 0) is 9.47 Å². The van der Waals surface area contributed by atoms with Gasteiger partial charge in [-0.15, -0.1) is 0 Å². The summed E-state index contributed by atoms with van der Waals surface area (Å²) in [6.07, 6.45) is -7.83. The molecule has 6 rings (SSSR count). The van der Waals surface area contributed by atoms with E-state index >= 15 is 0 Å². The van der Waals surface area contributed by atoms with E-state index in [1.54, 1.807) is 29.3 Å². The summed E-state index contributed by atoms with van der Waals surface area (Å²) in [6, 6.07) is 8.82. The van der Waals surface area contributed by atoms with Crippen molar-refractivity contribution in [3.63, 3.8) is 0 Å². The molecule has 14 nitrogen and oxygen atoms in total. The Labute approximate surface area is 261 Å². The molecule has 0 bridgehead atoms. The molecular formula is C28H36F2N6O8S. The SMILES string of the molecule is OC[C@H]1O[C@@H](S[C@@H]2O[C@H](CO)[C@H](O)[C@H](N3CC(c4cccc(F)c4)NN3)[C@H]2O)[C@H](O)[C@@H](N2CC(c3cccc(F)c3)N=N2)[C@H]1O. The van der Waals surface area contributed by atoms with E-state index in [2.05, 4.69) is 21.3 Å². The Bertz CT molecular complexity index is 1360. The van der Waals surface area contributed by atoms with Crippen molar-refractivity contribution in [2.45, 2.75) is 71.7 Å². The number of hydrogen-bond donors (Lipinski definition) is 8. The van der Waals surface area contributed by atoms with Crippen molar-refractivity contribution in [3.8, 4) is 0 Å². The highest BCUT2D eigenvalue weighted by molar-refractivity contribution is 8.00. The number of aliphatic hydroxyl groups excluding tert-OH is 6. The third-order valence-corrected chi connectivity index (χ3v) is 9.90. The third kappa shape index (κ3) is 6.58. The Morgan fingerprint density at radius 1 is 0.800 bits per heavy atom. The summed E-state index contributed by atoms with van der Waals surface area (Å²) >= 11 is 0.861. The minimum Gasteiger partial charge on any atom is -0.394 e. The van der Waals surface area contributed by atoms with Crippen LogP contribution in [0.1, 0.15) is 23.2 Å². The number of thioether (sulfide) groups is 1. The third-order valence-electron chi connectivity index (χ3n) is 8.58. The second-order valence-corrected chi connectivity index (χ2v) is 12.6.